The summed E-state index contributed by atoms with van der Waals surface area (Å²) in [6.07, 6.45) is 6.86. The fourth-order valence-corrected chi connectivity index (χ4v) is 5.38. The van der Waals surface area contributed by atoms with Crippen molar-refractivity contribution in [1.82, 2.24) is 4.57 Å². The van der Waals surface area contributed by atoms with Crippen LogP contribution in [-0.4, -0.2) is 22.9 Å². The van der Waals surface area contributed by atoms with Gasteiger partial charge in [0.25, 0.3) is 0 Å². The van der Waals surface area contributed by atoms with Gasteiger partial charge in [-0.15, -0.1) is 11.3 Å². The van der Waals surface area contributed by atoms with Crippen LogP contribution in [0.2, 0.25) is 0 Å². The topological polar surface area (TPSA) is 48.3 Å². The Hall–Kier alpha value is -1.88. The summed E-state index contributed by atoms with van der Waals surface area (Å²) >= 11 is 1.54. The number of ketones is 1. The second kappa shape index (κ2) is 7.27. The van der Waals surface area contributed by atoms with Crippen molar-refractivity contribution < 1.29 is 14.3 Å². The molecule has 0 N–H and O–H groups in total. The first-order valence-electron chi connectivity index (χ1n) is 9.98. The molecular formula is C22H27NO3S. The number of carbonyl (C=O) groups excluding carboxylic acids is 2. The average molecular weight is 386 g/mol. The van der Waals surface area contributed by atoms with Crippen molar-refractivity contribution in [2.75, 3.05) is 6.61 Å². The minimum Gasteiger partial charge on any atom is -0.453 e. The fraction of sp³-hybridized carbons (Fsp3) is 0.545. The number of hydrogen-bond acceptors (Lipinski definition) is 4. The largest absolute Gasteiger partial charge is 0.453 e. The van der Waals surface area contributed by atoms with Gasteiger partial charge in [-0.3, -0.25) is 4.79 Å². The molecule has 4 rings (SSSR count). The Labute approximate surface area is 164 Å². The van der Waals surface area contributed by atoms with E-state index in [1.54, 1.807) is 0 Å². The Bertz CT molecular complexity index is 888. The maximum atomic E-state index is 12.6. The molecule has 2 aromatic rings. The molecule has 4 nitrogen and oxygen atoms in total. The summed E-state index contributed by atoms with van der Waals surface area (Å²) in [5.41, 5.74) is 4.09. The van der Waals surface area contributed by atoms with Crippen molar-refractivity contribution in [3.8, 4) is 0 Å². The number of carbonyl (C=O) groups is 2. The lowest BCUT2D eigenvalue weighted by Gasteiger charge is -2.19. The van der Waals surface area contributed by atoms with Crippen LogP contribution in [0.4, 0.5) is 0 Å². The number of nitrogens with zero attached hydrogens (tertiary/aromatic N) is 1. The lowest BCUT2D eigenvalue weighted by atomic mass is 9.87. The van der Waals surface area contributed by atoms with Crippen LogP contribution >= 0.6 is 11.3 Å². The zero-order chi connectivity index (χ0) is 19.1. The van der Waals surface area contributed by atoms with E-state index in [0.717, 1.165) is 30.1 Å². The summed E-state index contributed by atoms with van der Waals surface area (Å²) in [4.78, 5) is 27.0. The van der Waals surface area contributed by atoms with Gasteiger partial charge in [0, 0.05) is 27.9 Å². The molecule has 0 aliphatic heterocycles. The van der Waals surface area contributed by atoms with Crippen LogP contribution in [0.1, 0.15) is 80.5 Å². The van der Waals surface area contributed by atoms with Crippen molar-refractivity contribution >= 4 is 23.1 Å². The highest BCUT2D eigenvalue weighted by Gasteiger charge is 2.29. The monoisotopic (exact) mass is 385 g/mol. The normalized spacial score (nSPS) is 19.0. The number of thiophene rings is 1. The van der Waals surface area contributed by atoms with Gasteiger partial charge >= 0.3 is 5.97 Å². The van der Waals surface area contributed by atoms with Gasteiger partial charge in [0.05, 0.1) is 0 Å². The summed E-state index contributed by atoms with van der Waals surface area (Å²) in [5.74, 6) is 0.238. The number of hydrogen-bond donors (Lipinski definition) is 0. The lowest BCUT2D eigenvalue weighted by Crippen LogP contribution is -2.14. The maximum Gasteiger partial charge on any atom is 0.348 e. The van der Waals surface area contributed by atoms with E-state index in [-0.39, 0.29) is 18.4 Å². The molecule has 0 spiro atoms. The van der Waals surface area contributed by atoms with E-state index in [1.165, 1.54) is 47.5 Å². The van der Waals surface area contributed by atoms with Crippen molar-refractivity contribution in [3.05, 3.63) is 44.4 Å². The molecule has 2 aliphatic carbocycles. The third-order valence-electron chi connectivity index (χ3n) is 5.99. The molecule has 0 radical (unpaired) electrons. The third-order valence-corrected chi connectivity index (χ3v) is 7.21. The molecule has 0 aromatic carbocycles. The van der Waals surface area contributed by atoms with E-state index in [2.05, 4.69) is 11.5 Å². The summed E-state index contributed by atoms with van der Waals surface area (Å²) in [7, 11) is 0. The van der Waals surface area contributed by atoms with Gasteiger partial charge in [0.2, 0.25) is 5.78 Å². The highest BCUT2D eigenvalue weighted by atomic mass is 32.1. The lowest BCUT2D eigenvalue weighted by molar-refractivity contribution is 0.0479. The number of fused-ring (bicyclic) bond motifs is 1. The standard InChI is InChI=1S/C22H27NO3S/c1-4-15-5-8-20-16(10-15)11-21(27-20)22(25)26-12-19(24)18-9-13(2)23(14(18)3)17-6-7-17/h9,11,15,17H,4-8,10,12H2,1-3H3/t15-/m1/s1. The van der Waals surface area contributed by atoms with Crippen molar-refractivity contribution in [2.45, 2.75) is 65.3 Å². The summed E-state index contributed by atoms with van der Waals surface area (Å²) in [6, 6.07) is 4.45. The van der Waals surface area contributed by atoms with Crippen LogP contribution in [0.25, 0.3) is 0 Å². The van der Waals surface area contributed by atoms with Gasteiger partial charge < -0.3 is 9.30 Å². The van der Waals surface area contributed by atoms with Crippen LogP contribution in [-0.2, 0) is 17.6 Å². The van der Waals surface area contributed by atoms with Crippen LogP contribution < -0.4 is 0 Å². The predicted molar refractivity (Wildman–Crippen MR) is 107 cm³/mol. The molecule has 2 aliphatic rings. The second-order valence-electron chi connectivity index (χ2n) is 7.96. The summed E-state index contributed by atoms with van der Waals surface area (Å²) in [6.45, 7) is 6.06. The maximum absolute atomic E-state index is 12.6. The van der Waals surface area contributed by atoms with E-state index in [1.807, 2.05) is 26.0 Å². The minimum absolute atomic E-state index is 0.115. The Morgan fingerprint density at radius 1 is 1.22 bits per heavy atom. The van der Waals surface area contributed by atoms with Gasteiger partial charge in [-0.1, -0.05) is 13.3 Å². The molecule has 2 heterocycles. The molecule has 0 bridgehead atoms. The van der Waals surface area contributed by atoms with E-state index in [4.69, 9.17) is 4.74 Å². The molecule has 1 atom stereocenters. The molecule has 144 valence electrons. The highest BCUT2D eigenvalue weighted by Crippen LogP contribution is 2.38. The second-order valence-corrected chi connectivity index (χ2v) is 9.10. The van der Waals surface area contributed by atoms with E-state index in [9.17, 15) is 9.59 Å². The molecular weight excluding hydrogens is 358 g/mol. The predicted octanol–water partition coefficient (Wildman–Crippen LogP) is 5.06. The van der Waals surface area contributed by atoms with Gasteiger partial charge in [-0.25, -0.2) is 4.79 Å². The molecule has 1 fully saturated rings. The zero-order valence-electron chi connectivity index (χ0n) is 16.3. The SMILES string of the molecule is CC[C@@H]1CCc2sc(C(=O)OCC(=O)c3cc(C)n(C4CC4)c3C)cc2C1. The number of esters is 1. The Morgan fingerprint density at radius 3 is 2.70 bits per heavy atom. The van der Waals surface area contributed by atoms with Gasteiger partial charge in [0.1, 0.15) is 4.88 Å². The minimum atomic E-state index is -0.369. The van der Waals surface area contributed by atoms with Crippen molar-refractivity contribution in [2.24, 2.45) is 5.92 Å². The molecule has 0 amide bonds. The van der Waals surface area contributed by atoms with Gasteiger partial charge in [-0.2, -0.15) is 0 Å². The highest BCUT2D eigenvalue weighted by molar-refractivity contribution is 7.14. The third kappa shape index (κ3) is 3.62. The Morgan fingerprint density at radius 2 is 2.00 bits per heavy atom. The van der Waals surface area contributed by atoms with E-state index >= 15 is 0 Å². The molecule has 2 aromatic heterocycles. The molecule has 0 unspecified atom stereocenters. The van der Waals surface area contributed by atoms with Crippen molar-refractivity contribution in [1.29, 1.82) is 0 Å². The first-order valence-corrected chi connectivity index (χ1v) is 10.8. The van der Waals surface area contributed by atoms with Crippen LogP contribution in [0.15, 0.2) is 12.1 Å². The van der Waals surface area contributed by atoms with Gasteiger partial charge in [0.15, 0.2) is 6.61 Å². The van der Waals surface area contributed by atoms with E-state index in [0.29, 0.717) is 16.5 Å². The first-order chi connectivity index (χ1) is 13.0. The van der Waals surface area contributed by atoms with Crippen molar-refractivity contribution in [3.63, 3.8) is 0 Å². The summed E-state index contributed by atoms with van der Waals surface area (Å²) in [5, 5.41) is 0. The molecule has 5 heteroatoms. The molecule has 1 saturated carbocycles. The zero-order valence-corrected chi connectivity index (χ0v) is 17.2. The Balaban J connectivity index is 1.40. The van der Waals surface area contributed by atoms with Crippen LogP contribution in [0.3, 0.4) is 0 Å². The Kier molecular flexibility index (Phi) is 4.97. The summed E-state index contributed by atoms with van der Waals surface area (Å²) < 4.78 is 7.61. The molecule has 0 saturated heterocycles. The number of aromatic nitrogens is 1. The quantitative estimate of drug-likeness (QED) is 0.516. The number of aryl methyl sites for hydroxylation is 2. The van der Waals surface area contributed by atoms with E-state index < -0.39 is 0 Å². The number of Topliss-reactive ketones (excluding diaryl/α,β-unsaturated/α-hetero) is 1. The first kappa shape index (κ1) is 18.5. The average Bonchev–Trinajstić information content (AvgIpc) is 3.32. The number of ether oxygens (including phenoxy) is 1. The van der Waals surface area contributed by atoms with Gasteiger partial charge in [-0.05, 0) is 69.6 Å². The number of rotatable bonds is 6. The molecule has 27 heavy (non-hydrogen) atoms. The van der Waals surface area contributed by atoms with Crippen LogP contribution in [0, 0.1) is 19.8 Å². The fourth-order valence-electron chi connectivity index (χ4n) is 4.28. The van der Waals surface area contributed by atoms with Crippen LogP contribution in [0.5, 0.6) is 0 Å². The smallest absolute Gasteiger partial charge is 0.348 e.